The molecule has 1 aromatic rings. The van der Waals surface area contributed by atoms with Crippen LogP contribution in [0.1, 0.15) is 19.4 Å². The van der Waals surface area contributed by atoms with Crippen LogP contribution >= 0.6 is 0 Å². The van der Waals surface area contributed by atoms with Gasteiger partial charge in [0.2, 0.25) is 0 Å². The summed E-state index contributed by atoms with van der Waals surface area (Å²) in [6.07, 6.45) is 1.75. The van der Waals surface area contributed by atoms with Gasteiger partial charge < -0.3 is 9.84 Å². The summed E-state index contributed by atoms with van der Waals surface area (Å²) in [6.45, 7) is 7.50. The van der Waals surface area contributed by atoms with Crippen molar-refractivity contribution in [2.45, 2.75) is 25.9 Å². The Hall–Kier alpha value is -1.77. The number of carboxylic acid groups (broad SMARTS) is 1. The molecule has 0 saturated carbocycles. The summed E-state index contributed by atoms with van der Waals surface area (Å²) in [7, 11) is 0. The van der Waals surface area contributed by atoms with E-state index in [4.69, 9.17) is 9.84 Å². The lowest BCUT2D eigenvalue weighted by Crippen LogP contribution is -2.24. The summed E-state index contributed by atoms with van der Waals surface area (Å²) in [5.41, 5.74) is 0.338. The maximum absolute atomic E-state index is 10.5. The first-order chi connectivity index (χ1) is 7.43. The maximum atomic E-state index is 10.5. The highest BCUT2D eigenvalue weighted by atomic mass is 16.5. The van der Waals surface area contributed by atoms with Crippen LogP contribution in [0.5, 0.6) is 5.75 Å². The molecule has 0 aliphatic heterocycles. The Labute approximate surface area is 95.4 Å². The molecule has 0 fully saturated rings. The molecule has 0 heterocycles. The normalized spacial score (nSPS) is 10.9. The largest absolute Gasteiger partial charge is 0.484 e. The van der Waals surface area contributed by atoms with Crippen molar-refractivity contribution in [3.05, 3.63) is 42.5 Å². The second-order valence-electron chi connectivity index (χ2n) is 4.12. The maximum Gasteiger partial charge on any atom is 0.307 e. The zero-order valence-electron chi connectivity index (χ0n) is 9.56. The molecule has 0 saturated heterocycles. The zero-order chi connectivity index (χ0) is 12.2. The number of hydrogen-bond acceptors (Lipinski definition) is 2. The third-order valence-electron chi connectivity index (χ3n) is 2.15. The summed E-state index contributed by atoms with van der Waals surface area (Å²) < 4.78 is 5.65. The fourth-order valence-corrected chi connectivity index (χ4v) is 1.20. The molecule has 86 valence electrons. The Morgan fingerprint density at radius 3 is 2.44 bits per heavy atom. The highest BCUT2D eigenvalue weighted by Gasteiger charge is 2.14. The Kier molecular flexibility index (Phi) is 3.72. The summed E-state index contributed by atoms with van der Waals surface area (Å²) in [5.74, 6) is -0.126. The smallest absolute Gasteiger partial charge is 0.307 e. The van der Waals surface area contributed by atoms with Crippen molar-refractivity contribution in [2.24, 2.45) is 0 Å². The summed E-state index contributed by atoms with van der Waals surface area (Å²) in [5, 5.41) is 8.62. The van der Waals surface area contributed by atoms with Crippen LogP contribution in [0.25, 0.3) is 0 Å². The summed E-state index contributed by atoms with van der Waals surface area (Å²) in [6, 6.07) is 7.04. The Balaban J connectivity index is 2.71. The van der Waals surface area contributed by atoms with Gasteiger partial charge in [0.05, 0.1) is 6.42 Å². The van der Waals surface area contributed by atoms with Crippen molar-refractivity contribution < 1.29 is 14.6 Å². The second-order valence-corrected chi connectivity index (χ2v) is 4.12. The third-order valence-corrected chi connectivity index (χ3v) is 2.15. The van der Waals surface area contributed by atoms with Crippen molar-refractivity contribution >= 4 is 5.97 Å². The minimum Gasteiger partial charge on any atom is -0.484 e. The highest BCUT2D eigenvalue weighted by Crippen LogP contribution is 2.19. The van der Waals surface area contributed by atoms with E-state index in [-0.39, 0.29) is 6.42 Å². The highest BCUT2D eigenvalue weighted by molar-refractivity contribution is 5.70. The van der Waals surface area contributed by atoms with Crippen LogP contribution in [0, 0.1) is 0 Å². The molecular weight excluding hydrogens is 204 g/mol. The molecule has 0 spiro atoms. The van der Waals surface area contributed by atoms with E-state index in [9.17, 15) is 4.79 Å². The SMILES string of the molecule is C=CC(C)(C)Oc1ccc(CC(=O)O)cc1. The number of benzene rings is 1. The van der Waals surface area contributed by atoms with Crippen molar-refractivity contribution in [1.82, 2.24) is 0 Å². The first-order valence-corrected chi connectivity index (χ1v) is 5.06. The van der Waals surface area contributed by atoms with Gasteiger partial charge in [-0.15, -0.1) is 0 Å². The molecule has 0 radical (unpaired) electrons. The standard InChI is InChI=1S/C13H16O3/c1-4-13(2,3)16-11-7-5-10(6-8-11)9-12(14)15/h4-8H,1,9H2,2-3H3,(H,14,15). The number of aliphatic carboxylic acids is 1. The van der Waals surface area contributed by atoms with Gasteiger partial charge in [0.15, 0.2) is 0 Å². The topological polar surface area (TPSA) is 46.5 Å². The Bertz CT molecular complexity index is 377. The van der Waals surface area contributed by atoms with Gasteiger partial charge in [-0.05, 0) is 37.6 Å². The molecule has 0 aliphatic rings. The van der Waals surface area contributed by atoms with Crippen LogP contribution in [0.15, 0.2) is 36.9 Å². The average molecular weight is 220 g/mol. The first-order valence-electron chi connectivity index (χ1n) is 5.06. The second kappa shape index (κ2) is 4.84. The molecule has 1 N–H and O–H groups in total. The summed E-state index contributed by atoms with van der Waals surface area (Å²) >= 11 is 0. The van der Waals surface area contributed by atoms with E-state index < -0.39 is 11.6 Å². The number of hydrogen-bond donors (Lipinski definition) is 1. The van der Waals surface area contributed by atoms with Gasteiger partial charge >= 0.3 is 5.97 Å². The fraction of sp³-hybridized carbons (Fsp3) is 0.308. The van der Waals surface area contributed by atoms with E-state index in [1.165, 1.54) is 0 Å². The van der Waals surface area contributed by atoms with Crippen LogP contribution in [-0.4, -0.2) is 16.7 Å². The van der Waals surface area contributed by atoms with E-state index in [2.05, 4.69) is 6.58 Å². The molecular formula is C13H16O3. The Morgan fingerprint density at radius 2 is 2.00 bits per heavy atom. The van der Waals surface area contributed by atoms with E-state index >= 15 is 0 Å². The van der Waals surface area contributed by atoms with Crippen molar-refractivity contribution in [3.63, 3.8) is 0 Å². The fourth-order valence-electron chi connectivity index (χ4n) is 1.20. The van der Waals surface area contributed by atoms with E-state index in [1.54, 1.807) is 30.3 Å². The van der Waals surface area contributed by atoms with Crippen LogP contribution in [-0.2, 0) is 11.2 Å². The van der Waals surface area contributed by atoms with Gasteiger partial charge in [0, 0.05) is 0 Å². The molecule has 1 rings (SSSR count). The average Bonchev–Trinajstić information content (AvgIpc) is 2.20. The molecule has 16 heavy (non-hydrogen) atoms. The van der Waals surface area contributed by atoms with Gasteiger partial charge in [-0.25, -0.2) is 0 Å². The lowest BCUT2D eigenvalue weighted by molar-refractivity contribution is -0.136. The van der Waals surface area contributed by atoms with E-state index in [0.29, 0.717) is 5.75 Å². The van der Waals surface area contributed by atoms with Gasteiger partial charge in [-0.1, -0.05) is 18.7 Å². The molecule has 0 atom stereocenters. The van der Waals surface area contributed by atoms with Crippen LogP contribution in [0.3, 0.4) is 0 Å². The molecule has 1 aromatic carbocycles. The van der Waals surface area contributed by atoms with Gasteiger partial charge in [-0.2, -0.15) is 0 Å². The number of ether oxygens (including phenoxy) is 1. The molecule has 0 unspecified atom stereocenters. The zero-order valence-corrected chi connectivity index (χ0v) is 9.56. The van der Waals surface area contributed by atoms with Crippen molar-refractivity contribution in [3.8, 4) is 5.75 Å². The molecule has 0 amide bonds. The lowest BCUT2D eigenvalue weighted by atomic mass is 10.1. The number of carboxylic acids is 1. The predicted octanol–water partition coefficient (Wildman–Crippen LogP) is 2.66. The molecule has 0 bridgehead atoms. The minimum atomic E-state index is -0.833. The predicted molar refractivity (Wildman–Crippen MR) is 62.7 cm³/mol. The molecule has 0 aromatic heterocycles. The quantitative estimate of drug-likeness (QED) is 0.776. The van der Waals surface area contributed by atoms with E-state index in [0.717, 1.165) is 5.56 Å². The molecule has 3 nitrogen and oxygen atoms in total. The van der Waals surface area contributed by atoms with Crippen molar-refractivity contribution in [1.29, 1.82) is 0 Å². The first kappa shape index (κ1) is 12.3. The minimum absolute atomic E-state index is 0.0329. The van der Waals surface area contributed by atoms with Gasteiger partial charge in [0.25, 0.3) is 0 Å². The summed E-state index contributed by atoms with van der Waals surface area (Å²) in [4.78, 5) is 10.5. The third kappa shape index (κ3) is 3.77. The molecule has 3 heteroatoms. The van der Waals surface area contributed by atoms with Crippen LogP contribution in [0.2, 0.25) is 0 Å². The van der Waals surface area contributed by atoms with Gasteiger partial charge in [-0.3, -0.25) is 4.79 Å². The van der Waals surface area contributed by atoms with Crippen molar-refractivity contribution in [2.75, 3.05) is 0 Å². The lowest BCUT2D eigenvalue weighted by Gasteiger charge is -2.22. The number of rotatable bonds is 5. The number of carbonyl (C=O) groups is 1. The Morgan fingerprint density at radius 1 is 1.44 bits per heavy atom. The van der Waals surface area contributed by atoms with E-state index in [1.807, 2.05) is 13.8 Å². The monoisotopic (exact) mass is 220 g/mol. The molecule has 0 aliphatic carbocycles. The van der Waals surface area contributed by atoms with Crippen LogP contribution < -0.4 is 4.74 Å². The van der Waals surface area contributed by atoms with Gasteiger partial charge in [0.1, 0.15) is 11.4 Å². The van der Waals surface area contributed by atoms with Crippen LogP contribution in [0.4, 0.5) is 0 Å².